The van der Waals surface area contributed by atoms with Gasteiger partial charge in [-0.3, -0.25) is 4.79 Å². The van der Waals surface area contributed by atoms with Crippen molar-refractivity contribution >= 4 is 33.6 Å². The molecule has 28 heavy (non-hydrogen) atoms. The van der Waals surface area contributed by atoms with Gasteiger partial charge >= 0.3 is 0 Å². The third kappa shape index (κ3) is 4.18. The first-order chi connectivity index (χ1) is 13.5. The lowest BCUT2D eigenvalue weighted by atomic mass is 10.2. The number of nitrogens with one attached hydrogen (secondary N) is 1. The Kier molecular flexibility index (Phi) is 6.01. The molecule has 0 aliphatic heterocycles. The van der Waals surface area contributed by atoms with Crippen LogP contribution >= 0.6 is 11.6 Å². The van der Waals surface area contributed by atoms with Crippen LogP contribution < -0.4 is 19.8 Å². The predicted octanol–water partition coefficient (Wildman–Crippen LogP) is 4.24. The van der Waals surface area contributed by atoms with E-state index in [1.165, 1.54) is 14.2 Å². The molecule has 3 rings (SSSR count). The second kappa shape index (κ2) is 8.63. The third-order valence-corrected chi connectivity index (χ3v) is 4.27. The fraction of sp³-hybridized carbons (Fsp3) is 0.143. The van der Waals surface area contributed by atoms with E-state index in [4.69, 9.17) is 25.8 Å². The van der Waals surface area contributed by atoms with Crippen LogP contribution in [-0.2, 0) is 0 Å². The minimum Gasteiger partial charge on any atom is -0.493 e. The zero-order valence-corrected chi connectivity index (χ0v) is 16.2. The van der Waals surface area contributed by atoms with Crippen molar-refractivity contribution in [2.75, 3.05) is 20.8 Å². The van der Waals surface area contributed by atoms with Crippen LogP contribution in [0.2, 0.25) is 0 Å². The fourth-order valence-electron chi connectivity index (χ4n) is 2.61. The van der Waals surface area contributed by atoms with Crippen LogP contribution in [0.15, 0.2) is 53.8 Å². The van der Waals surface area contributed by atoms with Gasteiger partial charge in [0.1, 0.15) is 12.4 Å². The summed E-state index contributed by atoms with van der Waals surface area (Å²) in [5, 5.41) is 0.683. The van der Waals surface area contributed by atoms with Gasteiger partial charge in [-0.25, -0.2) is 4.98 Å². The van der Waals surface area contributed by atoms with E-state index < -0.39 is 0 Å². The molecular weight excluding hydrogens is 380 g/mol. The minimum absolute atomic E-state index is 0.262. The van der Waals surface area contributed by atoms with Crippen molar-refractivity contribution in [3.8, 4) is 17.2 Å². The average molecular weight is 399 g/mol. The summed E-state index contributed by atoms with van der Waals surface area (Å²) in [5.41, 5.74) is 0.975. The van der Waals surface area contributed by atoms with Gasteiger partial charge in [-0.1, -0.05) is 36.4 Å². The molecule has 1 heterocycles. The number of aromatic amines is 1. The van der Waals surface area contributed by atoms with Crippen molar-refractivity contribution in [1.29, 1.82) is 0 Å². The molecule has 144 valence electrons. The second-order valence-electron chi connectivity index (χ2n) is 5.80. The first kappa shape index (κ1) is 19.5. The topological polar surface area (TPSA) is 73.4 Å². The zero-order chi connectivity index (χ0) is 20.1. The molecule has 0 fully saturated rings. The third-order valence-electron chi connectivity index (χ3n) is 3.98. The minimum atomic E-state index is -0.319. The Morgan fingerprint density at radius 3 is 2.50 bits per heavy atom. The summed E-state index contributed by atoms with van der Waals surface area (Å²) in [6.45, 7) is 4.05. The van der Waals surface area contributed by atoms with Gasteiger partial charge in [-0.2, -0.15) is 0 Å². The van der Waals surface area contributed by atoms with Gasteiger partial charge in [0.2, 0.25) is 0 Å². The van der Waals surface area contributed by atoms with E-state index >= 15 is 0 Å². The molecule has 0 radical (unpaired) electrons. The highest BCUT2D eigenvalue weighted by molar-refractivity contribution is 6.50. The Bertz CT molecular complexity index is 1090. The molecule has 6 nitrogen and oxygen atoms in total. The lowest BCUT2D eigenvalue weighted by Crippen LogP contribution is -2.11. The number of rotatable bonds is 7. The van der Waals surface area contributed by atoms with Gasteiger partial charge in [-0.05, 0) is 29.8 Å². The maximum Gasteiger partial charge on any atom is 0.259 e. The van der Waals surface area contributed by atoms with E-state index in [9.17, 15) is 4.79 Å². The van der Waals surface area contributed by atoms with Crippen LogP contribution in [0.3, 0.4) is 0 Å². The zero-order valence-electron chi connectivity index (χ0n) is 15.5. The van der Waals surface area contributed by atoms with Gasteiger partial charge in [0.25, 0.3) is 5.56 Å². The predicted molar refractivity (Wildman–Crippen MR) is 111 cm³/mol. The highest BCUT2D eigenvalue weighted by Gasteiger charge is 2.12. The summed E-state index contributed by atoms with van der Waals surface area (Å²) in [5.74, 6) is 1.93. The smallest absolute Gasteiger partial charge is 0.259 e. The summed E-state index contributed by atoms with van der Waals surface area (Å²) in [6.07, 6.45) is 3.39. The van der Waals surface area contributed by atoms with E-state index in [1.807, 2.05) is 24.3 Å². The molecule has 0 saturated carbocycles. The number of benzene rings is 2. The Morgan fingerprint density at radius 2 is 1.86 bits per heavy atom. The van der Waals surface area contributed by atoms with E-state index in [0.717, 1.165) is 11.3 Å². The number of ether oxygens (including phenoxy) is 3. The number of hydrogen-bond acceptors (Lipinski definition) is 5. The van der Waals surface area contributed by atoms with Gasteiger partial charge in [0.05, 0.1) is 30.2 Å². The van der Waals surface area contributed by atoms with E-state index in [-0.39, 0.29) is 11.4 Å². The number of hydrogen-bond donors (Lipinski definition) is 1. The van der Waals surface area contributed by atoms with Crippen LogP contribution in [0, 0.1) is 0 Å². The van der Waals surface area contributed by atoms with Crippen molar-refractivity contribution in [3.05, 3.63) is 70.8 Å². The maximum atomic E-state index is 12.5. The Balaban J connectivity index is 1.96. The van der Waals surface area contributed by atoms with Gasteiger partial charge in [-0.15, -0.1) is 0 Å². The molecule has 0 spiro atoms. The normalized spacial score (nSPS) is 11.3. The number of aromatic nitrogens is 2. The van der Waals surface area contributed by atoms with E-state index in [1.54, 1.807) is 24.3 Å². The summed E-state index contributed by atoms with van der Waals surface area (Å²) < 4.78 is 16.0. The number of fused-ring (bicyclic) bond motifs is 1. The molecule has 2 aromatic carbocycles. The monoisotopic (exact) mass is 398 g/mol. The van der Waals surface area contributed by atoms with Crippen LogP contribution in [0.4, 0.5) is 0 Å². The lowest BCUT2D eigenvalue weighted by molar-refractivity contribution is 0.355. The Hall–Kier alpha value is -3.25. The molecule has 7 heteroatoms. The number of halogens is 1. The summed E-state index contributed by atoms with van der Waals surface area (Å²) in [4.78, 5) is 19.6. The number of H-pyrrole nitrogens is 1. The molecule has 0 atom stereocenters. The van der Waals surface area contributed by atoms with E-state index in [0.29, 0.717) is 34.0 Å². The van der Waals surface area contributed by atoms with Gasteiger partial charge < -0.3 is 19.2 Å². The molecule has 0 amide bonds. The van der Waals surface area contributed by atoms with Crippen LogP contribution in [0.25, 0.3) is 22.0 Å². The molecular formula is C21H19ClN2O4. The number of methoxy groups -OCH3 is 2. The van der Waals surface area contributed by atoms with Crippen LogP contribution in [0.5, 0.6) is 17.2 Å². The van der Waals surface area contributed by atoms with Crippen molar-refractivity contribution in [2.24, 2.45) is 0 Å². The summed E-state index contributed by atoms with van der Waals surface area (Å²) in [7, 11) is 3.03. The van der Waals surface area contributed by atoms with Crippen molar-refractivity contribution in [2.45, 2.75) is 0 Å². The quantitative estimate of drug-likeness (QED) is 0.602. The van der Waals surface area contributed by atoms with Crippen LogP contribution in [0.1, 0.15) is 11.4 Å². The number of nitrogens with zero attached hydrogens (tertiary/aromatic N) is 1. The Labute approximate surface area is 167 Å². The lowest BCUT2D eigenvalue weighted by Gasteiger charge is -2.09. The van der Waals surface area contributed by atoms with Crippen molar-refractivity contribution in [3.63, 3.8) is 0 Å². The maximum absolute atomic E-state index is 12.5. The molecule has 1 N–H and O–H groups in total. The van der Waals surface area contributed by atoms with E-state index in [2.05, 4.69) is 16.5 Å². The average Bonchev–Trinajstić information content (AvgIpc) is 2.72. The molecule has 0 aliphatic rings. The molecule has 3 aromatic rings. The summed E-state index contributed by atoms with van der Waals surface area (Å²) >= 11 is 6.40. The van der Waals surface area contributed by atoms with Gasteiger partial charge in [0, 0.05) is 6.07 Å². The fourth-order valence-corrected chi connectivity index (χ4v) is 2.82. The Morgan fingerprint density at radius 1 is 1.18 bits per heavy atom. The van der Waals surface area contributed by atoms with Crippen LogP contribution in [-0.4, -0.2) is 30.8 Å². The summed E-state index contributed by atoms with van der Waals surface area (Å²) in [6, 6.07) is 10.6. The first-order valence-corrected chi connectivity index (χ1v) is 8.81. The standard InChI is InChI=1S/C21H19ClN2O4/c1-4-9-28-14-7-5-13(6-8-14)10-16(22)20-23-17-12-19(27-3)18(26-2)11-15(17)21(25)24-20/h4-8,10-12H,1,9H2,2-3H3,(H,23,24,25)/b16-10-. The van der Waals surface area contributed by atoms with Gasteiger partial charge in [0.15, 0.2) is 17.3 Å². The van der Waals surface area contributed by atoms with Crippen molar-refractivity contribution in [1.82, 2.24) is 9.97 Å². The largest absolute Gasteiger partial charge is 0.493 e. The highest BCUT2D eigenvalue weighted by Crippen LogP contribution is 2.30. The second-order valence-corrected chi connectivity index (χ2v) is 6.21. The molecule has 0 aliphatic carbocycles. The molecule has 0 bridgehead atoms. The SMILES string of the molecule is C=CCOc1ccc(/C=C(\Cl)c2nc3cc(OC)c(OC)cc3c(=O)[nH]2)cc1. The molecule has 0 unspecified atom stereocenters. The molecule has 1 aromatic heterocycles. The van der Waals surface area contributed by atoms with Crippen molar-refractivity contribution < 1.29 is 14.2 Å². The highest BCUT2D eigenvalue weighted by atomic mass is 35.5. The molecule has 0 saturated heterocycles. The first-order valence-electron chi connectivity index (χ1n) is 8.43.